The molecule has 2 saturated heterocycles. The molecular weight excluding hydrogens is 184 g/mol. The van der Waals surface area contributed by atoms with Crippen molar-refractivity contribution in [2.45, 2.75) is 37.8 Å². The van der Waals surface area contributed by atoms with Crippen molar-refractivity contribution >= 4 is 0 Å². The molecule has 1 saturated carbocycles. The molecule has 3 aliphatic rings. The lowest BCUT2D eigenvalue weighted by molar-refractivity contribution is 0.00715. The molecule has 0 radical (unpaired) electrons. The monoisotopic (exact) mass is 202 g/mol. The third-order valence-electron chi connectivity index (χ3n) is 4.23. The van der Waals surface area contributed by atoms with E-state index in [0.29, 0.717) is 6.04 Å². The Labute approximate surface area is 91.3 Å². The van der Waals surface area contributed by atoms with E-state index in [4.69, 9.17) is 0 Å². The zero-order valence-electron chi connectivity index (χ0n) is 9.26. The van der Waals surface area contributed by atoms with Crippen LogP contribution in [0.2, 0.25) is 0 Å². The maximum absolute atomic E-state index is 4.25. The molecule has 2 aliphatic heterocycles. The first-order chi connectivity index (χ1) is 7.36. The molecule has 15 heavy (non-hydrogen) atoms. The predicted molar refractivity (Wildman–Crippen MR) is 60.5 cm³/mol. The van der Waals surface area contributed by atoms with E-state index in [1.54, 1.807) is 0 Å². The van der Waals surface area contributed by atoms with Gasteiger partial charge in [-0.1, -0.05) is 6.07 Å². The largest absolute Gasteiger partial charge is 0.296 e. The average molecular weight is 202 g/mol. The van der Waals surface area contributed by atoms with Gasteiger partial charge in [0.1, 0.15) is 0 Å². The van der Waals surface area contributed by atoms with E-state index in [9.17, 15) is 0 Å². The fourth-order valence-corrected chi connectivity index (χ4v) is 3.44. The summed E-state index contributed by atoms with van der Waals surface area (Å²) in [4.78, 5) is 6.83. The van der Waals surface area contributed by atoms with Crippen LogP contribution in [-0.2, 0) is 0 Å². The van der Waals surface area contributed by atoms with Crippen molar-refractivity contribution in [2.75, 3.05) is 7.05 Å². The maximum Gasteiger partial charge on any atom is 0.0391 e. The molecule has 4 rings (SSSR count). The zero-order chi connectivity index (χ0) is 10.3. The van der Waals surface area contributed by atoms with Gasteiger partial charge in [-0.05, 0) is 50.3 Å². The van der Waals surface area contributed by atoms with Gasteiger partial charge in [-0.25, -0.2) is 0 Å². The van der Waals surface area contributed by atoms with E-state index in [1.165, 1.54) is 31.2 Å². The SMILES string of the molecule is CN1C2CCC(CC2)C1c1cccnc1. The normalized spacial score (nSPS) is 35.7. The summed E-state index contributed by atoms with van der Waals surface area (Å²) in [6, 6.07) is 5.74. The maximum atomic E-state index is 4.25. The van der Waals surface area contributed by atoms with E-state index in [2.05, 4.69) is 29.1 Å². The Kier molecular flexibility index (Phi) is 2.24. The van der Waals surface area contributed by atoms with Crippen LogP contribution in [0.3, 0.4) is 0 Å². The van der Waals surface area contributed by atoms with Gasteiger partial charge in [-0.15, -0.1) is 0 Å². The van der Waals surface area contributed by atoms with Gasteiger partial charge in [0.05, 0.1) is 0 Å². The van der Waals surface area contributed by atoms with Crippen LogP contribution in [0.5, 0.6) is 0 Å². The van der Waals surface area contributed by atoms with E-state index in [0.717, 1.165) is 12.0 Å². The molecule has 2 heteroatoms. The Hall–Kier alpha value is -0.890. The van der Waals surface area contributed by atoms with Gasteiger partial charge in [0.25, 0.3) is 0 Å². The zero-order valence-corrected chi connectivity index (χ0v) is 9.26. The van der Waals surface area contributed by atoms with Crippen molar-refractivity contribution in [3.63, 3.8) is 0 Å². The van der Waals surface area contributed by atoms with E-state index < -0.39 is 0 Å². The highest BCUT2D eigenvalue weighted by Crippen LogP contribution is 2.46. The van der Waals surface area contributed by atoms with Gasteiger partial charge in [0.15, 0.2) is 0 Å². The van der Waals surface area contributed by atoms with Crippen molar-refractivity contribution in [1.82, 2.24) is 9.88 Å². The Bertz CT molecular complexity index is 326. The summed E-state index contributed by atoms with van der Waals surface area (Å²) >= 11 is 0. The molecule has 0 N–H and O–H groups in total. The number of nitrogens with zero attached hydrogens (tertiary/aromatic N) is 2. The minimum atomic E-state index is 0.631. The number of fused-ring (bicyclic) bond motifs is 3. The summed E-state index contributed by atoms with van der Waals surface area (Å²) in [5.74, 6) is 0.865. The third-order valence-corrected chi connectivity index (χ3v) is 4.23. The number of pyridine rings is 1. The van der Waals surface area contributed by atoms with E-state index >= 15 is 0 Å². The second-order valence-electron chi connectivity index (χ2n) is 4.97. The van der Waals surface area contributed by atoms with Crippen molar-refractivity contribution in [1.29, 1.82) is 0 Å². The summed E-state index contributed by atoms with van der Waals surface area (Å²) in [5, 5.41) is 0. The fraction of sp³-hybridized carbons (Fsp3) is 0.615. The highest BCUT2D eigenvalue weighted by Gasteiger charge is 2.40. The first-order valence-electron chi connectivity index (χ1n) is 5.98. The number of hydrogen-bond acceptors (Lipinski definition) is 2. The summed E-state index contributed by atoms with van der Waals surface area (Å²) < 4.78 is 0. The van der Waals surface area contributed by atoms with Crippen LogP contribution in [0, 0.1) is 5.92 Å². The lowest BCUT2D eigenvalue weighted by atomic mass is 9.73. The molecule has 1 atom stereocenters. The minimum Gasteiger partial charge on any atom is -0.296 e. The first kappa shape index (κ1) is 9.34. The number of aromatic nitrogens is 1. The van der Waals surface area contributed by atoms with Crippen LogP contribution in [0.1, 0.15) is 37.3 Å². The number of rotatable bonds is 1. The van der Waals surface area contributed by atoms with Crippen molar-refractivity contribution in [3.05, 3.63) is 30.1 Å². The molecule has 1 aromatic heterocycles. The van der Waals surface area contributed by atoms with E-state index in [1.807, 2.05) is 12.4 Å². The first-order valence-corrected chi connectivity index (χ1v) is 5.98. The third kappa shape index (κ3) is 1.48. The molecule has 0 aromatic carbocycles. The second kappa shape index (κ2) is 3.60. The van der Waals surface area contributed by atoms with Gasteiger partial charge in [-0.2, -0.15) is 0 Å². The lowest BCUT2D eigenvalue weighted by Crippen LogP contribution is -2.47. The van der Waals surface area contributed by atoms with Gasteiger partial charge >= 0.3 is 0 Å². The van der Waals surface area contributed by atoms with Crippen LogP contribution in [0.25, 0.3) is 0 Å². The predicted octanol–water partition coefficient (Wildman–Crippen LogP) is 2.63. The molecule has 0 amide bonds. The van der Waals surface area contributed by atoms with Gasteiger partial charge in [-0.3, -0.25) is 9.88 Å². The van der Waals surface area contributed by atoms with Crippen molar-refractivity contribution in [2.24, 2.45) is 5.92 Å². The molecule has 1 aromatic rings. The Morgan fingerprint density at radius 2 is 2.07 bits per heavy atom. The van der Waals surface area contributed by atoms with Gasteiger partial charge in [0.2, 0.25) is 0 Å². The van der Waals surface area contributed by atoms with Gasteiger partial charge < -0.3 is 0 Å². The molecule has 1 aliphatic carbocycles. The standard InChI is InChI=1S/C13H18N2/c1-15-12-6-4-10(5-7-12)13(15)11-3-2-8-14-9-11/h2-3,8-10,12-13H,4-7H2,1H3. The Morgan fingerprint density at radius 3 is 2.67 bits per heavy atom. The number of hydrogen-bond donors (Lipinski definition) is 0. The van der Waals surface area contributed by atoms with Crippen LogP contribution in [0.15, 0.2) is 24.5 Å². The summed E-state index contributed by atoms with van der Waals surface area (Å²) in [6.45, 7) is 0. The molecule has 80 valence electrons. The summed E-state index contributed by atoms with van der Waals surface area (Å²) in [5.41, 5.74) is 1.41. The topological polar surface area (TPSA) is 16.1 Å². The van der Waals surface area contributed by atoms with Gasteiger partial charge in [0, 0.05) is 24.5 Å². The Balaban J connectivity index is 1.92. The molecule has 2 nitrogen and oxygen atoms in total. The smallest absolute Gasteiger partial charge is 0.0391 e. The minimum absolute atomic E-state index is 0.631. The van der Waals surface area contributed by atoms with Crippen LogP contribution in [0.4, 0.5) is 0 Å². The molecule has 0 spiro atoms. The Morgan fingerprint density at radius 1 is 1.27 bits per heavy atom. The fourth-order valence-electron chi connectivity index (χ4n) is 3.44. The van der Waals surface area contributed by atoms with E-state index in [-0.39, 0.29) is 0 Å². The quantitative estimate of drug-likeness (QED) is 0.696. The van der Waals surface area contributed by atoms with Crippen LogP contribution >= 0.6 is 0 Å². The highest BCUT2D eigenvalue weighted by atomic mass is 15.2. The molecule has 1 unspecified atom stereocenters. The van der Waals surface area contributed by atoms with Crippen LogP contribution < -0.4 is 0 Å². The average Bonchev–Trinajstić information content (AvgIpc) is 2.31. The lowest BCUT2D eigenvalue weighted by Gasteiger charge is -2.50. The molecule has 3 heterocycles. The molecule has 2 bridgehead atoms. The molecule has 3 fully saturated rings. The number of piperidine rings is 2. The molecular formula is C13H18N2. The summed E-state index contributed by atoms with van der Waals surface area (Å²) in [6.07, 6.45) is 9.53. The highest BCUT2D eigenvalue weighted by molar-refractivity contribution is 5.17. The van der Waals surface area contributed by atoms with Crippen LogP contribution in [-0.4, -0.2) is 23.0 Å². The second-order valence-corrected chi connectivity index (χ2v) is 4.97. The summed E-state index contributed by atoms with van der Waals surface area (Å²) in [7, 11) is 2.29. The van der Waals surface area contributed by atoms with Crippen molar-refractivity contribution in [3.8, 4) is 0 Å². The van der Waals surface area contributed by atoms with Crippen molar-refractivity contribution < 1.29 is 0 Å².